The smallest absolute Gasteiger partial charge is 0.241 e. The number of hydrogen-bond donors (Lipinski definition) is 3. The van der Waals surface area contributed by atoms with Crippen molar-refractivity contribution in [2.24, 2.45) is 5.73 Å². The van der Waals surface area contributed by atoms with Gasteiger partial charge in [0.2, 0.25) is 15.9 Å². The lowest BCUT2D eigenvalue weighted by Crippen LogP contribution is -2.40. The summed E-state index contributed by atoms with van der Waals surface area (Å²) < 4.78 is 27.6. The third kappa shape index (κ3) is 7.17. The number of carbonyl (C=O) groups is 1. The zero-order chi connectivity index (χ0) is 17.8. The van der Waals surface area contributed by atoms with Gasteiger partial charge in [-0.15, -0.1) is 12.4 Å². The van der Waals surface area contributed by atoms with Crippen molar-refractivity contribution in [3.8, 4) is 0 Å². The SMILES string of the molecule is Cc1c(NC(=O)CCC(C)N)cccc1S(=O)(=O)NC(C)(C)C.Cl. The van der Waals surface area contributed by atoms with Crippen molar-refractivity contribution in [2.75, 3.05) is 5.32 Å². The number of rotatable bonds is 6. The summed E-state index contributed by atoms with van der Waals surface area (Å²) in [5, 5.41) is 2.75. The van der Waals surface area contributed by atoms with Gasteiger partial charge in [0.05, 0.1) is 4.90 Å². The Labute approximate surface area is 151 Å². The number of sulfonamides is 1. The number of halogens is 1. The van der Waals surface area contributed by atoms with E-state index >= 15 is 0 Å². The van der Waals surface area contributed by atoms with E-state index in [1.807, 2.05) is 6.92 Å². The molecule has 0 aromatic heterocycles. The Morgan fingerprint density at radius 1 is 1.29 bits per heavy atom. The molecule has 0 spiro atoms. The summed E-state index contributed by atoms with van der Waals surface area (Å²) in [5.74, 6) is -0.177. The molecule has 138 valence electrons. The third-order valence-electron chi connectivity index (χ3n) is 3.11. The summed E-state index contributed by atoms with van der Waals surface area (Å²) in [7, 11) is -3.65. The molecular weight excluding hydrogens is 350 g/mol. The Morgan fingerprint density at radius 2 is 1.88 bits per heavy atom. The molecule has 24 heavy (non-hydrogen) atoms. The maximum absolute atomic E-state index is 12.5. The second kappa shape index (κ2) is 8.80. The van der Waals surface area contributed by atoms with Crippen LogP contribution in [0.3, 0.4) is 0 Å². The van der Waals surface area contributed by atoms with Gasteiger partial charge < -0.3 is 11.1 Å². The van der Waals surface area contributed by atoms with E-state index < -0.39 is 15.6 Å². The first-order chi connectivity index (χ1) is 10.4. The Morgan fingerprint density at radius 3 is 2.38 bits per heavy atom. The van der Waals surface area contributed by atoms with Crippen LogP contribution in [0.4, 0.5) is 5.69 Å². The van der Waals surface area contributed by atoms with Gasteiger partial charge in [-0.05, 0) is 58.7 Å². The van der Waals surface area contributed by atoms with Crippen LogP contribution in [-0.4, -0.2) is 25.9 Å². The van der Waals surface area contributed by atoms with Crippen LogP contribution in [0.25, 0.3) is 0 Å². The van der Waals surface area contributed by atoms with E-state index in [-0.39, 0.29) is 29.3 Å². The third-order valence-corrected chi connectivity index (χ3v) is 5.02. The van der Waals surface area contributed by atoms with Crippen LogP contribution in [0.5, 0.6) is 0 Å². The highest BCUT2D eigenvalue weighted by molar-refractivity contribution is 7.89. The molecule has 0 heterocycles. The lowest BCUT2D eigenvalue weighted by Gasteiger charge is -2.22. The lowest BCUT2D eigenvalue weighted by atomic mass is 10.1. The van der Waals surface area contributed by atoms with Crippen molar-refractivity contribution in [1.29, 1.82) is 0 Å². The summed E-state index contributed by atoms with van der Waals surface area (Å²) in [6.45, 7) is 8.85. The van der Waals surface area contributed by atoms with Crippen LogP contribution in [0.1, 0.15) is 46.1 Å². The van der Waals surface area contributed by atoms with Crippen LogP contribution >= 0.6 is 12.4 Å². The minimum absolute atomic E-state index is 0. The topological polar surface area (TPSA) is 101 Å². The largest absolute Gasteiger partial charge is 0.328 e. The van der Waals surface area contributed by atoms with Crippen LogP contribution in [-0.2, 0) is 14.8 Å². The summed E-state index contributed by atoms with van der Waals surface area (Å²) >= 11 is 0. The molecular formula is C16H28ClN3O3S. The van der Waals surface area contributed by atoms with Gasteiger partial charge in [0.15, 0.2) is 0 Å². The van der Waals surface area contributed by atoms with Crippen molar-refractivity contribution < 1.29 is 13.2 Å². The molecule has 0 aliphatic carbocycles. The Balaban J connectivity index is 0.00000529. The molecule has 6 nitrogen and oxygen atoms in total. The molecule has 0 saturated carbocycles. The van der Waals surface area contributed by atoms with Crippen LogP contribution in [0.15, 0.2) is 23.1 Å². The molecule has 0 aliphatic rings. The summed E-state index contributed by atoms with van der Waals surface area (Å²) in [6, 6.07) is 4.78. The van der Waals surface area contributed by atoms with Crippen molar-refractivity contribution in [1.82, 2.24) is 4.72 Å². The van der Waals surface area contributed by atoms with E-state index in [9.17, 15) is 13.2 Å². The lowest BCUT2D eigenvalue weighted by molar-refractivity contribution is -0.116. The monoisotopic (exact) mass is 377 g/mol. The second-order valence-corrected chi connectivity index (χ2v) is 8.50. The van der Waals surface area contributed by atoms with Crippen molar-refractivity contribution in [3.05, 3.63) is 23.8 Å². The number of benzene rings is 1. The fourth-order valence-corrected chi connectivity index (χ4v) is 3.76. The van der Waals surface area contributed by atoms with Gasteiger partial charge in [0, 0.05) is 23.7 Å². The van der Waals surface area contributed by atoms with E-state index in [1.165, 1.54) is 6.07 Å². The molecule has 4 N–H and O–H groups in total. The first-order valence-electron chi connectivity index (χ1n) is 7.61. The van der Waals surface area contributed by atoms with Crippen molar-refractivity contribution >= 4 is 34.0 Å². The Hall–Kier alpha value is -1.15. The fraction of sp³-hybridized carbons (Fsp3) is 0.562. The normalized spacial score (nSPS) is 13.1. The van der Waals surface area contributed by atoms with Gasteiger partial charge >= 0.3 is 0 Å². The second-order valence-electron chi connectivity index (χ2n) is 6.85. The van der Waals surface area contributed by atoms with Gasteiger partial charge in [-0.1, -0.05) is 6.07 Å². The minimum atomic E-state index is -3.65. The standard InChI is InChI=1S/C16H27N3O3S.ClH/c1-11(17)9-10-15(20)18-13-7-6-8-14(12(13)2)23(21,22)19-16(3,4)5;/h6-8,11,19H,9-10,17H2,1-5H3,(H,18,20);1H. The number of carbonyl (C=O) groups excluding carboxylic acids is 1. The molecule has 1 atom stereocenters. The van der Waals surface area contributed by atoms with Gasteiger partial charge in [-0.2, -0.15) is 0 Å². The highest BCUT2D eigenvalue weighted by Gasteiger charge is 2.24. The first kappa shape index (κ1) is 22.9. The van der Waals surface area contributed by atoms with E-state index in [0.29, 0.717) is 24.1 Å². The predicted molar refractivity (Wildman–Crippen MR) is 100 cm³/mol. The number of anilines is 1. The van der Waals surface area contributed by atoms with E-state index in [1.54, 1.807) is 39.8 Å². The maximum Gasteiger partial charge on any atom is 0.241 e. The van der Waals surface area contributed by atoms with Gasteiger partial charge in [0.1, 0.15) is 0 Å². The molecule has 1 aromatic carbocycles. The van der Waals surface area contributed by atoms with E-state index in [2.05, 4.69) is 10.0 Å². The van der Waals surface area contributed by atoms with Crippen molar-refractivity contribution in [2.45, 2.75) is 63.9 Å². The van der Waals surface area contributed by atoms with Crippen LogP contribution < -0.4 is 15.8 Å². The maximum atomic E-state index is 12.5. The molecule has 0 aliphatic heterocycles. The quantitative estimate of drug-likeness (QED) is 0.709. The minimum Gasteiger partial charge on any atom is -0.328 e. The summed E-state index contributed by atoms with van der Waals surface area (Å²) in [6.07, 6.45) is 0.878. The van der Waals surface area contributed by atoms with Crippen molar-refractivity contribution in [3.63, 3.8) is 0 Å². The molecule has 1 rings (SSSR count). The Kier molecular flexibility index (Phi) is 8.38. The molecule has 8 heteroatoms. The first-order valence-corrected chi connectivity index (χ1v) is 9.10. The average molecular weight is 378 g/mol. The summed E-state index contributed by atoms with van der Waals surface area (Å²) in [4.78, 5) is 12.1. The zero-order valence-electron chi connectivity index (χ0n) is 14.8. The van der Waals surface area contributed by atoms with Gasteiger partial charge in [0.25, 0.3) is 0 Å². The molecule has 1 aromatic rings. The van der Waals surface area contributed by atoms with Crippen LogP contribution in [0.2, 0.25) is 0 Å². The molecule has 0 saturated heterocycles. The predicted octanol–water partition coefficient (Wildman–Crippen LogP) is 2.56. The number of amides is 1. The summed E-state index contributed by atoms with van der Waals surface area (Å²) in [5.41, 5.74) is 6.06. The highest BCUT2D eigenvalue weighted by atomic mass is 35.5. The number of nitrogens with two attached hydrogens (primary N) is 1. The molecule has 1 unspecified atom stereocenters. The number of hydrogen-bond acceptors (Lipinski definition) is 4. The van der Waals surface area contributed by atoms with E-state index in [4.69, 9.17) is 5.73 Å². The zero-order valence-corrected chi connectivity index (χ0v) is 16.5. The fourth-order valence-electron chi connectivity index (χ4n) is 2.07. The highest BCUT2D eigenvalue weighted by Crippen LogP contribution is 2.24. The van der Waals surface area contributed by atoms with Gasteiger partial charge in [-0.3, -0.25) is 4.79 Å². The molecule has 1 amide bonds. The Bertz CT molecular complexity index is 668. The molecule has 0 radical (unpaired) electrons. The van der Waals surface area contributed by atoms with Gasteiger partial charge in [-0.25, -0.2) is 13.1 Å². The van der Waals surface area contributed by atoms with Crippen LogP contribution in [0, 0.1) is 6.92 Å². The molecule has 0 bridgehead atoms. The number of nitrogens with one attached hydrogen (secondary N) is 2. The molecule has 0 fully saturated rings. The average Bonchev–Trinajstić information content (AvgIpc) is 2.35. The van der Waals surface area contributed by atoms with E-state index in [0.717, 1.165) is 0 Å².